The smallest absolute Gasteiger partial charge is 0.251 e. The number of nitrogens with zero attached hydrogens (tertiary/aromatic N) is 1. The van der Waals surface area contributed by atoms with E-state index in [0.29, 0.717) is 23.6 Å². The van der Waals surface area contributed by atoms with Gasteiger partial charge in [-0.2, -0.15) is 0 Å². The molecule has 0 unspecified atom stereocenters. The lowest BCUT2D eigenvalue weighted by Crippen LogP contribution is -2.38. The summed E-state index contributed by atoms with van der Waals surface area (Å²) in [5.74, 6) is 0.577. The van der Waals surface area contributed by atoms with Gasteiger partial charge in [0, 0.05) is 19.2 Å². The molecule has 2 amide bonds. The molecule has 0 fully saturated rings. The van der Waals surface area contributed by atoms with Gasteiger partial charge in [0.2, 0.25) is 5.91 Å². The van der Waals surface area contributed by atoms with E-state index in [1.54, 1.807) is 38.4 Å². The van der Waals surface area contributed by atoms with Gasteiger partial charge in [0.25, 0.3) is 5.91 Å². The van der Waals surface area contributed by atoms with Crippen LogP contribution in [0, 0.1) is 0 Å². The third-order valence-electron chi connectivity index (χ3n) is 6.92. The van der Waals surface area contributed by atoms with Crippen LogP contribution in [0.1, 0.15) is 76.3 Å². The molecule has 2 N–H and O–H groups in total. The van der Waals surface area contributed by atoms with Gasteiger partial charge in [0.05, 0.1) is 7.11 Å². The summed E-state index contributed by atoms with van der Waals surface area (Å²) in [5.41, 5.74) is 3.57. The number of likely N-dealkylation sites (N-methyl/N-ethyl adjacent to an activating group) is 1. The van der Waals surface area contributed by atoms with Gasteiger partial charge in [-0.15, -0.1) is 0 Å². The zero-order valence-electron chi connectivity index (χ0n) is 24.5. The zero-order valence-corrected chi connectivity index (χ0v) is 24.5. The quantitative estimate of drug-likeness (QED) is 0.337. The number of hydrogen-bond acceptors (Lipinski definition) is 4. The predicted molar refractivity (Wildman–Crippen MR) is 157 cm³/mol. The number of anilines is 1. The molecule has 0 aliphatic carbocycles. The highest BCUT2D eigenvalue weighted by molar-refractivity contribution is 5.97. The lowest BCUT2D eigenvalue weighted by atomic mass is 9.78. The molecule has 0 aromatic heterocycles. The largest absolute Gasteiger partial charge is 0.507 e. The van der Waals surface area contributed by atoms with Crippen molar-refractivity contribution < 1.29 is 19.4 Å². The lowest BCUT2D eigenvalue weighted by molar-refractivity contribution is -0.137. The Morgan fingerprint density at radius 2 is 1.44 bits per heavy atom. The van der Waals surface area contributed by atoms with Gasteiger partial charge in [-0.25, -0.2) is 0 Å². The molecule has 6 heteroatoms. The molecule has 3 aromatic carbocycles. The number of phenols is 1. The van der Waals surface area contributed by atoms with E-state index in [1.165, 1.54) is 4.90 Å². The number of hydrogen-bond donors (Lipinski definition) is 2. The second-order valence-corrected chi connectivity index (χ2v) is 12.1. The molecule has 6 nitrogen and oxygen atoms in total. The minimum Gasteiger partial charge on any atom is -0.507 e. The number of amides is 2. The Morgan fingerprint density at radius 3 is 1.92 bits per heavy atom. The Labute approximate surface area is 233 Å². The number of aryl methyl sites for hydroxylation is 1. The van der Waals surface area contributed by atoms with E-state index in [4.69, 9.17) is 4.74 Å². The summed E-state index contributed by atoms with van der Waals surface area (Å²) in [4.78, 5) is 28.5. The molecule has 208 valence electrons. The van der Waals surface area contributed by atoms with Gasteiger partial charge in [-0.05, 0) is 63.8 Å². The molecule has 0 aliphatic heterocycles. The van der Waals surface area contributed by atoms with Crippen molar-refractivity contribution in [2.75, 3.05) is 19.5 Å². The van der Waals surface area contributed by atoms with E-state index in [9.17, 15) is 14.7 Å². The van der Waals surface area contributed by atoms with Crippen LogP contribution in [0.5, 0.6) is 11.5 Å². The van der Waals surface area contributed by atoms with Crippen LogP contribution in [-0.4, -0.2) is 36.0 Å². The third-order valence-corrected chi connectivity index (χ3v) is 6.92. The number of carbonyl (C=O) groups is 2. The van der Waals surface area contributed by atoms with Crippen molar-refractivity contribution in [2.24, 2.45) is 0 Å². The maximum Gasteiger partial charge on any atom is 0.251 e. The fraction of sp³-hybridized carbons (Fsp3) is 0.394. The number of ether oxygens (including phenoxy) is 1. The molecule has 0 saturated carbocycles. The summed E-state index contributed by atoms with van der Waals surface area (Å²) < 4.78 is 5.20. The number of aromatic hydroxyl groups is 1. The van der Waals surface area contributed by atoms with Crippen LogP contribution >= 0.6 is 0 Å². The summed E-state index contributed by atoms with van der Waals surface area (Å²) >= 11 is 0. The first kappa shape index (κ1) is 29.8. The first-order chi connectivity index (χ1) is 18.2. The van der Waals surface area contributed by atoms with E-state index < -0.39 is 6.04 Å². The number of rotatable bonds is 8. The molecule has 1 atom stereocenters. The monoisotopic (exact) mass is 530 g/mol. The van der Waals surface area contributed by atoms with Crippen LogP contribution < -0.4 is 10.1 Å². The minimum absolute atomic E-state index is 0.142. The first-order valence-electron chi connectivity index (χ1n) is 13.3. The van der Waals surface area contributed by atoms with E-state index in [2.05, 4.69) is 46.9 Å². The molecule has 0 bridgehead atoms. The Balaban J connectivity index is 1.85. The van der Waals surface area contributed by atoms with Crippen molar-refractivity contribution in [1.29, 1.82) is 0 Å². The number of nitrogens with one attached hydrogen (secondary N) is 1. The van der Waals surface area contributed by atoms with E-state index in [1.807, 2.05) is 42.5 Å². The van der Waals surface area contributed by atoms with E-state index in [-0.39, 0.29) is 29.1 Å². The topological polar surface area (TPSA) is 78.9 Å². The standard InChI is InChI=1S/C33H42N2O4/c1-32(2,3)26-20-22(21-27(30(26)37)33(4,5)6)14-19-28(36)35(7)29(23-12-10-9-11-13-23)31(38)34-24-15-17-25(39-8)18-16-24/h9-13,15-18,20-21,29,37H,14,19H2,1-8H3,(H,34,38)/t29-/m0/s1. The molecule has 39 heavy (non-hydrogen) atoms. The third kappa shape index (κ3) is 7.41. The molecule has 0 spiro atoms. The van der Waals surface area contributed by atoms with Crippen molar-refractivity contribution in [3.8, 4) is 11.5 Å². The highest BCUT2D eigenvalue weighted by Crippen LogP contribution is 2.40. The van der Waals surface area contributed by atoms with Gasteiger partial charge in [-0.1, -0.05) is 84.0 Å². The highest BCUT2D eigenvalue weighted by atomic mass is 16.5. The molecule has 0 saturated heterocycles. The van der Waals surface area contributed by atoms with Crippen molar-refractivity contribution in [1.82, 2.24) is 4.90 Å². The Kier molecular flexibility index (Phi) is 9.10. The van der Waals surface area contributed by atoms with E-state index in [0.717, 1.165) is 22.3 Å². The average Bonchev–Trinajstić information content (AvgIpc) is 2.87. The molecule has 0 heterocycles. The molecular weight excluding hydrogens is 488 g/mol. The maximum absolute atomic E-state index is 13.5. The maximum atomic E-state index is 13.5. The molecule has 0 radical (unpaired) electrons. The lowest BCUT2D eigenvalue weighted by Gasteiger charge is -2.29. The summed E-state index contributed by atoms with van der Waals surface area (Å²) in [6, 6.07) is 19.6. The van der Waals surface area contributed by atoms with Gasteiger partial charge in [-0.3, -0.25) is 9.59 Å². The number of phenolic OH excluding ortho intramolecular Hbond substituents is 1. The fourth-order valence-corrected chi connectivity index (χ4v) is 4.62. The second kappa shape index (κ2) is 11.9. The average molecular weight is 531 g/mol. The molecular formula is C33H42N2O4. The number of methoxy groups -OCH3 is 1. The van der Waals surface area contributed by atoms with Crippen LogP contribution in [-0.2, 0) is 26.8 Å². The van der Waals surface area contributed by atoms with Crippen LogP contribution in [0.15, 0.2) is 66.7 Å². The zero-order chi connectivity index (χ0) is 29.0. The highest BCUT2D eigenvalue weighted by Gasteiger charge is 2.30. The van der Waals surface area contributed by atoms with Gasteiger partial charge in [0.1, 0.15) is 17.5 Å². The number of carbonyl (C=O) groups excluding carboxylic acids is 2. The van der Waals surface area contributed by atoms with E-state index >= 15 is 0 Å². The van der Waals surface area contributed by atoms with Crippen LogP contribution in [0.25, 0.3) is 0 Å². The minimum atomic E-state index is -0.795. The SMILES string of the molecule is COc1ccc(NC(=O)[C@H](c2ccccc2)N(C)C(=O)CCc2cc(C(C)(C)C)c(O)c(C(C)(C)C)c2)cc1. The molecule has 0 aliphatic rings. The molecule has 3 rings (SSSR count). The van der Waals surface area contributed by atoms with Crippen molar-refractivity contribution in [3.63, 3.8) is 0 Å². The molecule has 3 aromatic rings. The van der Waals surface area contributed by atoms with Gasteiger partial charge in [0.15, 0.2) is 0 Å². The van der Waals surface area contributed by atoms with Crippen molar-refractivity contribution in [3.05, 3.63) is 89.0 Å². The Hall–Kier alpha value is -3.80. The van der Waals surface area contributed by atoms with Crippen LogP contribution in [0.3, 0.4) is 0 Å². The normalized spacial score (nSPS) is 12.5. The fourth-order valence-electron chi connectivity index (χ4n) is 4.62. The summed E-state index contributed by atoms with van der Waals surface area (Å²) in [6.07, 6.45) is 0.727. The van der Waals surface area contributed by atoms with Crippen LogP contribution in [0.4, 0.5) is 5.69 Å². The Morgan fingerprint density at radius 1 is 0.897 bits per heavy atom. The van der Waals surface area contributed by atoms with Crippen molar-refractivity contribution >= 4 is 17.5 Å². The predicted octanol–water partition coefficient (Wildman–Crippen LogP) is 6.77. The number of benzene rings is 3. The second-order valence-electron chi connectivity index (χ2n) is 12.1. The van der Waals surface area contributed by atoms with Gasteiger partial charge >= 0.3 is 0 Å². The summed E-state index contributed by atoms with van der Waals surface area (Å²) in [6.45, 7) is 12.4. The summed E-state index contributed by atoms with van der Waals surface area (Å²) in [5, 5.41) is 14.0. The van der Waals surface area contributed by atoms with Crippen molar-refractivity contribution in [2.45, 2.75) is 71.3 Å². The first-order valence-corrected chi connectivity index (χ1v) is 13.3. The summed E-state index contributed by atoms with van der Waals surface area (Å²) in [7, 11) is 3.26. The Bertz CT molecular complexity index is 1250. The van der Waals surface area contributed by atoms with Gasteiger partial charge < -0.3 is 20.1 Å². The van der Waals surface area contributed by atoms with Crippen LogP contribution in [0.2, 0.25) is 0 Å².